The Morgan fingerprint density at radius 1 is 1.24 bits per heavy atom. The van der Waals surface area contributed by atoms with Crippen LogP contribution in [0.3, 0.4) is 0 Å². The topological polar surface area (TPSA) is 75.6 Å². The smallest absolute Gasteiger partial charge is 0.337 e. The summed E-state index contributed by atoms with van der Waals surface area (Å²) < 4.78 is 5.00. The third-order valence-corrected chi connectivity index (χ3v) is 3.34. The average molecular weight is 289 g/mol. The molecule has 0 bridgehead atoms. The van der Waals surface area contributed by atoms with Crippen molar-refractivity contribution >= 4 is 11.9 Å². The van der Waals surface area contributed by atoms with Gasteiger partial charge in [-0.05, 0) is 18.4 Å². The molecule has 2 rings (SSSR count). The van der Waals surface area contributed by atoms with Crippen LogP contribution in [0.15, 0.2) is 42.5 Å². The Kier molecular flexibility index (Phi) is 5.51. The zero-order chi connectivity index (χ0) is 15.1. The summed E-state index contributed by atoms with van der Waals surface area (Å²) in [5.41, 5.74) is 0.846. The molecule has 1 atom stereocenters. The fraction of sp³-hybridized carbons (Fsp3) is 0.375. The highest BCUT2D eigenvalue weighted by Crippen LogP contribution is 2.17. The first-order chi connectivity index (χ1) is 10.2. The number of allylic oxidation sites excluding steroid dienone is 2. The maximum atomic E-state index is 11.7. The fourth-order valence-electron chi connectivity index (χ4n) is 2.08. The van der Waals surface area contributed by atoms with Gasteiger partial charge in [-0.1, -0.05) is 42.5 Å². The lowest BCUT2D eigenvalue weighted by molar-refractivity contribution is -0.154. The molecule has 0 heterocycles. The van der Waals surface area contributed by atoms with E-state index < -0.39 is 12.1 Å². The number of aliphatic hydroxyl groups excluding tert-OH is 1. The van der Waals surface area contributed by atoms with Crippen molar-refractivity contribution in [3.05, 3.63) is 48.0 Å². The third kappa shape index (κ3) is 4.72. The SMILES string of the molecule is O=C(NC[C@H](O)C(=O)OCc1ccccc1)C1CC=CC1. The number of carbonyl (C=O) groups is 2. The van der Waals surface area contributed by atoms with Crippen LogP contribution in [0.2, 0.25) is 0 Å². The van der Waals surface area contributed by atoms with Crippen molar-refractivity contribution < 1.29 is 19.4 Å². The molecule has 0 unspecified atom stereocenters. The van der Waals surface area contributed by atoms with E-state index in [-0.39, 0.29) is 25.0 Å². The summed E-state index contributed by atoms with van der Waals surface area (Å²) in [5, 5.41) is 12.3. The number of nitrogens with one attached hydrogen (secondary N) is 1. The summed E-state index contributed by atoms with van der Waals surface area (Å²) in [6.45, 7) is -0.0137. The predicted molar refractivity (Wildman–Crippen MR) is 77.1 cm³/mol. The van der Waals surface area contributed by atoms with E-state index in [4.69, 9.17) is 4.74 Å². The second-order valence-corrected chi connectivity index (χ2v) is 4.99. The van der Waals surface area contributed by atoms with Gasteiger partial charge in [-0.3, -0.25) is 4.79 Å². The summed E-state index contributed by atoms with van der Waals surface area (Å²) in [4.78, 5) is 23.4. The van der Waals surface area contributed by atoms with Crippen LogP contribution in [0.25, 0.3) is 0 Å². The van der Waals surface area contributed by atoms with Crippen LogP contribution >= 0.6 is 0 Å². The fourth-order valence-corrected chi connectivity index (χ4v) is 2.08. The van der Waals surface area contributed by atoms with Gasteiger partial charge in [0, 0.05) is 5.92 Å². The quantitative estimate of drug-likeness (QED) is 0.609. The molecule has 0 saturated heterocycles. The molecule has 112 valence electrons. The minimum absolute atomic E-state index is 0.0856. The molecule has 2 N–H and O–H groups in total. The van der Waals surface area contributed by atoms with E-state index in [1.807, 2.05) is 42.5 Å². The van der Waals surface area contributed by atoms with Crippen molar-refractivity contribution in [1.29, 1.82) is 0 Å². The lowest BCUT2D eigenvalue weighted by atomic mass is 10.1. The lowest BCUT2D eigenvalue weighted by Gasteiger charge is -2.14. The standard InChI is InChI=1S/C16H19NO4/c18-14(10-17-15(19)13-8-4-5-9-13)16(20)21-11-12-6-2-1-3-7-12/h1-7,13-14,18H,8-11H2,(H,17,19)/t14-/m0/s1. The van der Waals surface area contributed by atoms with Crippen LogP contribution in [0, 0.1) is 5.92 Å². The molecule has 1 aromatic carbocycles. The van der Waals surface area contributed by atoms with Gasteiger partial charge in [-0.25, -0.2) is 4.79 Å². The normalized spacial score (nSPS) is 15.7. The molecule has 0 fully saturated rings. The summed E-state index contributed by atoms with van der Waals surface area (Å²) in [5.74, 6) is -0.962. The molecule has 1 aromatic rings. The van der Waals surface area contributed by atoms with Gasteiger partial charge in [-0.2, -0.15) is 0 Å². The van der Waals surface area contributed by atoms with Crippen LogP contribution in [0.4, 0.5) is 0 Å². The van der Waals surface area contributed by atoms with Gasteiger partial charge in [0.15, 0.2) is 6.10 Å². The minimum Gasteiger partial charge on any atom is -0.459 e. The summed E-state index contributed by atoms with van der Waals surface area (Å²) >= 11 is 0. The van der Waals surface area contributed by atoms with E-state index in [0.717, 1.165) is 5.56 Å². The van der Waals surface area contributed by atoms with Gasteiger partial charge >= 0.3 is 5.97 Å². The number of aliphatic hydroxyl groups is 1. The Hall–Kier alpha value is -2.14. The summed E-state index contributed by atoms with van der Waals surface area (Å²) in [6.07, 6.45) is 3.98. The van der Waals surface area contributed by atoms with Gasteiger partial charge < -0.3 is 15.2 Å². The molecule has 1 aliphatic carbocycles. The molecule has 0 saturated carbocycles. The first kappa shape index (κ1) is 15.3. The number of esters is 1. The Morgan fingerprint density at radius 3 is 2.57 bits per heavy atom. The number of amides is 1. The molecule has 21 heavy (non-hydrogen) atoms. The summed E-state index contributed by atoms with van der Waals surface area (Å²) in [7, 11) is 0. The van der Waals surface area contributed by atoms with Crippen LogP contribution in [-0.4, -0.2) is 29.6 Å². The zero-order valence-electron chi connectivity index (χ0n) is 11.7. The molecular weight excluding hydrogens is 270 g/mol. The second-order valence-electron chi connectivity index (χ2n) is 4.99. The maximum absolute atomic E-state index is 11.7. The highest BCUT2D eigenvalue weighted by atomic mass is 16.5. The number of ether oxygens (including phenoxy) is 1. The van der Waals surface area contributed by atoms with Gasteiger partial charge in [0.2, 0.25) is 5.91 Å². The van der Waals surface area contributed by atoms with E-state index in [9.17, 15) is 14.7 Å². The van der Waals surface area contributed by atoms with Crippen molar-refractivity contribution in [2.24, 2.45) is 5.92 Å². The van der Waals surface area contributed by atoms with Gasteiger partial charge in [-0.15, -0.1) is 0 Å². The number of rotatable bonds is 6. The van der Waals surface area contributed by atoms with Crippen LogP contribution in [-0.2, 0) is 20.9 Å². The van der Waals surface area contributed by atoms with Gasteiger partial charge in [0.05, 0.1) is 6.54 Å². The van der Waals surface area contributed by atoms with Crippen molar-refractivity contribution in [2.45, 2.75) is 25.6 Å². The number of hydrogen-bond acceptors (Lipinski definition) is 4. The third-order valence-electron chi connectivity index (χ3n) is 3.34. The first-order valence-corrected chi connectivity index (χ1v) is 6.98. The minimum atomic E-state index is -1.34. The van der Waals surface area contributed by atoms with E-state index >= 15 is 0 Å². The number of carbonyl (C=O) groups excluding carboxylic acids is 2. The van der Waals surface area contributed by atoms with Crippen molar-refractivity contribution in [2.75, 3.05) is 6.54 Å². The summed E-state index contributed by atoms with van der Waals surface area (Å²) in [6, 6.07) is 9.21. The van der Waals surface area contributed by atoms with Crippen molar-refractivity contribution in [3.63, 3.8) is 0 Å². The van der Waals surface area contributed by atoms with E-state index in [2.05, 4.69) is 5.32 Å². The zero-order valence-corrected chi connectivity index (χ0v) is 11.7. The Bertz CT molecular complexity index is 504. The Labute approximate surface area is 123 Å². The molecule has 0 aliphatic heterocycles. The highest BCUT2D eigenvalue weighted by molar-refractivity contribution is 5.81. The first-order valence-electron chi connectivity index (χ1n) is 6.98. The Balaban J connectivity index is 1.68. The molecule has 0 radical (unpaired) electrons. The molecule has 0 spiro atoms. The number of hydrogen-bond donors (Lipinski definition) is 2. The molecule has 1 amide bonds. The van der Waals surface area contributed by atoms with E-state index in [0.29, 0.717) is 12.8 Å². The van der Waals surface area contributed by atoms with Crippen molar-refractivity contribution in [3.8, 4) is 0 Å². The maximum Gasteiger partial charge on any atom is 0.337 e. The van der Waals surface area contributed by atoms with Crippen LogP contribution in [0.5, 0.6) is 0 Å². The average Bonchev–Trinajstić information content (AvgIpc) is 3.05. The second kappa shape index (κ2) is 7.59. The molecule has 5 heteroatoms. The van der Waals surface area contributed by atoms with Crippen molar-refractivity contribution in [1.82, 2.24) is 5.32 Å². The van der Waals surface area contributed by atoms with Crippen LogP contribution < -0.4 is 5.32 Å². The largest absolute Gasteiger partial charge is 0.459 e. The van der Waals surface area contributed by atoms with E-state index in [1.54, 1.807) is 0 Å². The highest BCUT2D eigenvalue weighted by Gasteiger charge is 2.22. The molecular formula is C16H19NO4. The number of benzene rings is 1. The molecule has 5 nitrogen and oxygen atoms in total. The molecule has 1 aliphatic rings. The monoisotopic (exact) mass is 289 g/mol. The van der Waals surface area contributed by atoms with Gasteiger partial charge in [0.1, 0.15) is 6.61 Å². The van der Waals surface area contributed by atoms with Crippen LogP contribution in [0.1, 0.15) is 18.4 Å². The molecule has 0 aromatic heterocycles. The van der Waals surface area contributed by atoms with Gasteiger partial charge in [0.25, 0.3) is 0 Å². The predicted octanol–water partition coefficient (Wildman–Crippen LogP) is 1.17. The Morgan fingerprint density at radius 2 is 1.90 bits per heavy atom. The van der Waals surface area contributed by atoms with E-state index in [1.165, 1.54) is 0 Å². The lowest BCUT2D eigenvalue weighted by Crippen LogP contribution is -2.39.